The predicted octanol–water partition coefficient (Wildman–Crippen LogP) is 4.69. The second-order valence-electron chi connectivity index (χ2n) is 7.59. The molecule has 0 radical (unpaired) electrons. The van der Waals surface area contributed by atoms with Gasteiger partial charge in [0.1, 0.15) is 10.8 Å². The number of halogens is 4. The first-order chi connectivity index (χ1) is 16.3. The summed E-state index contributed by atoms with van der Waals surface area (Å²) < 4.78 is 51.0. The number of nitrogens with zero attached hydrogens (tertiary/aromatic N) is 4. The van der Waals surface area contributed by atoms with Gasteiger partial charge in [0, 0.05) is 37.6 Å². The molecule has 0 spiro atoms. The molecule has 0 atom stereocenters. The number of hydrogen-bond donors (Lipinski definition) is 1. The van der Waals surface area contributed by atoms with Gasteiger partial charge in [0.05, 0.1) is 11.3 Å². The molecule has 1 N–H and O–H groups in total. The number of nitrogens with one attached hydrogen (secondary N) is 1. The minimum absolute atomic E-state index is 0.0470. The summed E-state index contributed by atoms with van der Waals surface area (Å²) >= 11 is 1.19. The van der Waals surface area contributed by atoms with Gasteiger partial charge in [-0.05, 0) is 60.7 Å². The maximum Gasteiger partial charge on any atom is 0.416 e. The van der Waals surface area contributed by atoms with E-state index in [4.69, 9.17) is 0 Å². The van der Waals surface area contributed by atoms with Crippen LogP contribution in [0.3, 0.4) is 0 Å². The molecule has 178 valence electrons. The van der Waals surface area contributed by atoms with Crippen molar-refractivity contribution in [3.05, 3.63) is 72.0 Å². The van der Waals surface area contributed by atoms with Gasteiger partial charge >= 0.3 is 6.18 Å². The summed E-state index contributed by atoms with van der Waals surface area (Å²) in [6.45, 7) is 3.03. The van der Waals surface area contributed by atoms with Crippen molar-refractivity contribution >= 4 is 34.9 Å². The zero-order chi connectivity index (χ0) is 24.1. The molecule has 0 bridgehead atoms. The van der Waals surface area contributed by atoms with Crippen LogP contribution in [0.1, 0.15) is 5.56 Å². The second-order valence-corrected chi connectivity index (χ2v) is 8.59. The minimum atomic E-state index is -4.42. The number of thioether (sulfide) groups is 1. The van der Waals surface area contributed by atoms with Crippen LogP contribution in [-0.2, 0) is 11.0 Å². The lowest BCUT2D eigenvalue weighted by molar-refractivity contribution is -0.137. The summed E-state index contributed by atoms with van der Waals surface area (Å²) in [5.74, 6) is 0.170. The van der Waals surface area contributed by atoms with Crippen molar-refractivity contribution in [1.29, 1.82) is 0 Å². The van der Waals surface area contributed by atoms with Gasteiger partial charge in [0.25, 0.3) is 0 Å². The van der Waals surface area contributed by atoms with Gasteiger partial charge in [-0.2, -0.15) is 13.2 Å². The fourth-order valence-corrected chi connectivity index (χ4v) is 4.10. The van der Waals surface area contributed by atoms with E-state index in [0.29, 0.717) is 10.7 Å². The van der Waals surface area contributed by atoms with Crippen LogP contribution in [0.5, 0.6) is 0 Å². The summed E-state index contributed by atoms with van der Waals surface area (Å²) in [7, 11) is 0. The Morgan fingerprint density at radius 1 is 0.882 bits per heavy atom. The SMILES string of the molecule is O=C(CSc1ccc(N2CCN(c3ccc(F)cc3)CC2)nn1)Nc1ccc(C(F)(F)F)cc1. The van der Waals surface area contributed by atoms with E-state index in [1.54, 1.807) is 18.2 Å². The Bertz CT molecular complexity index is 1100. The predicted molar refractivity (Wildman–Crippen MR) is 124 cm³/mol. The van der Waals surface area contributed by atoms with Crippen LogP contribution in [0, 0.1) is 5.82 Å². The number of carbonyl (C=O) groups is 1. The summed E-state index contributed by atoms with van der Waals surface area (Å²) in [4.78, 5) is 16.4. The number of hydrogen-bond acceptors (Lipinski definition) is 6. The first-order valence-corrected chi connectivity index (χ1v) is 11.5. The van der Waals surface area contributed by atoms with Crippen molar-refractivity contribution < 1.29 is 22.4 Å². The van der Waals surface area contributed by atoms with Crippen molar-refractivity contribution in [3.63, 3.8) is 0 Å². The molecular formula is C23H21F4N5OS. The second kappa shape index (κ2) is 10.3. The van der Waals surface area contributed by atoms with Gasteiger partial charge in [-0.1, -0.05) is 11.8 Å². The largest absolute Gasteiger partial charge is 0.416 e. The Morgan fingerprint density at radius 3 is 2.12 bits per heavy atom. The number of anilines is 3. The van der Waals surface area contributed by atoms with Gasteiger partial charge in [0.2, 0.25) is 5.91 Å². The molecule has 34 heavy (non-hydrogen) atoms. The fraction of sp³-hybridized carbons (Fsp3) is 0.261. The topological polar surface area (TPSA) is 61.4 Å². The highest BCUT2D eigenvalue weighted by atomic mass is 32.2. The van der Waals surface area contributed by atoms with Crippen LogP contribution in [-0.4, -0.2) is 48.0 Å². The Kier molecular flexibility index (Phi) is 7.20. The molecule has 1 fully saturated rings. The molecule has 11 heteroatoms. The lowest BCUT2D eigenvalue weighted by Gasteiger charge is -2.36. The molecule has 2 heterocycles. The van der Waals surface area contributed by atoms with Crippen LogP contribution in [0.15, 0.2) is 65.7 Å². The molecule has 1 aromatic heterocycles. The van der Waals surface area contributed by atoms with Crippen LogP contribution in [0.2, 0.25) is 0 Å². The monoisotopic (exact) mass is 491 g/mol. The van der Waals surface area contributed by atoms with Gasteiger partial charge in [-0.3, -0.25) is 4.79 Å². The highest BCUT2D eigenvalue weighted by molar-refractivity contribution is 7.99. The maximum absolute atomic E-state index is 13.1. The number of aromatic nitrogens is 2. The average Bonchev–Trinajstić information content (AvgIpc) is 2.83. The molecule has 1 aliphatic heterocycles. The smallest absolute Gasteiger partial charge is 0.368 e. The van der Waals surface area contributed by atoms with Crippen molar-refractivity contribution in [2.24, 2.45) is 0 Å². The maximum atomic E-state index is 13.1. The van der Waals surface area contributed by atoms with E-state index < -0.39 is 11.7 Å². The molecule has 2 aromatic carbocycles. The fourth-order valence-electron chi connectivity index (χ4n) is 3.48. The van der Waals surface area contributed by atoms with Crippen LogP contribution < -0.4 is 15.1 Å². The number of rotatable bonds is 6. The summed E-state index contributed by atoms with van der Waals surface area (Å²) in [6, 6.07) is 14.3. The van der Waals surface area contributed by atoms with E-state index in [-0.39, 0.29) is 17.5 Å². The Hall–Kier alpha value is -3.34. The first-order valence-electron chi connectivity index (χ1n) is 10.5. The van der Waals surface area contributed by atoms with E-state index >= 15 is 0 Å². The number of piperazine rings is 1. The third kappa shape index (κ3) is 6.16. The summed E-state index contributed by atoms with van der Waals surface area (Å²) in [5.41, 5.74) is 0.500. The van der Waals surface area contributed by atoms with Crippen molar-refractivity contribution in [1.82, 2.24) is 10.2 Å². The van der Waals surface area contributed by atoms with Crippen LogP contribution in [0.25, 0.3) is 0 Å². The lowest BCUT2D eigenvalue weighted by atomic mass is 10.2. The zero-order valence-corrected chi connectivity index (χ0v) is 18.7. The van der Waals surface area contributed by atoms with Gasteiger partial charge < -0.3 is 15.1 Å². The molecule has 0 unspecified atom stereocenters. The van der Waals surface area contributed by atoms with Crippen LogP contribution in [0.4, 0.5) is 34.8 Å². The molecule has 6 nitrogen and oxygen atoms in total. The van der Waals surface area contributed by atoms with E-state index in [1.807, 2.05) is 6.07 Å². The van der Waals surface area contributed by atoms with Crippen molar-refractivity contribution in [3.8, 4) is 0 Å². The van der Waals surface area contributed by atoms with E-state index in [1.165, 1.54) is 36.0 Å². The number of alkyl halides is 3. The highest BCUT2D eigenvalue weighted by Gasteiger charge is 2.30. The average molecular weight is 492 g/mol. The van der Waals surface area contributed by atoms with Gasteiger partial charge in [0.15, 0.2) is 5.82 Å². The zero-order valence-electron chi connectivity index (χ0n) is 17.9. The first kappa shape index (κ1) is 23.8. The molecule has 1 amide bonds. The quantitative estimate of drug-likeness (QED) is 0.399. The summed E-state index contributed by atoms with van der Waals surface area (Å²) in [6.07, 6.45) is -4.42. The van der Waals surface area contributed by atoms with Gasteiger partial charge in [-0.25, -0.2) is 4.39 Å². The van der Waals surface area contributed by atoms with E-state index in [0.717, 1.165) is 49.8 Å². The Morgan fingerprint density at radius 2 is 1.53 bits per heavy atom. The Balaban J connectivity index is 1.24. The van der Waals surface area contributed by atoms with Crippen molar-refractivity contribution in [2.45, 2.75) is 11.2 Å². The lowest BCUT2D eigenvalue weighted by Crippen LogP contribution is -2.46. The molecule has 0 saturated carbocycles. The number of carbonyl (C=O) groups excluding carboxylic acids is 1. The minimum Gasteiger partial charge on any atom is -0.368 e. The van der Waals surface area contributed by atoms with Crippen LogP contribution >= 0.6 is 11.8 Å². The molecule has 0 aliphatic carbocycles. The third-order valence-corrected chi connectivity index (χ3v) is 6.19. The molecular weight excluding hydrogens is 470 g/mol. The third-order valence-electron chi connectivity index (χ3n) is 5.27. The molecule has 4 rings (SSSR count). The molecule has 1 aliphatic rings. The summed E-state index contributed by atoms with van der Waals surface area (Å²) in [5, 5.41) is 11.6. The Labute approximate surface area is 198 Å². The number of amides is 1. The molecule has 1 saturated heterocycles. The van der Waals surface area contributed by atoms with Gasteiger partial charge in [-0.15, -0.1) is 10.2 Å². The normalized spacial score (nSPS) is 14.2. The van der Waals surface area contributed by atoms with E-state index in [9.17, 15) is 22.4 Å². The highest BCUT2D eigenvalue weighted by Crippen LogP contribution is 2.30. The van der Waals surface area contributed by atoms with E-state index in [2.05, 4.69) is 25.3 Å². The number of benzene rings is 2. The standard InChI is InChI=1S/C23H21F4N5OS/c24-17-3-7-19(8-4-17)31-11-13-32(14-12-31)20-9-10-22(30-29-20)34-15-21(33)28-18-5-1-16(2-6-18)23(25,26)27/h1-10H,11-15H2,(H,28,33). The molecule has 3 aromatic rings. The van der Waals surface area contributed by atoms with Crippen molar-refractivity contribution in [2.75, 3.05) is 47.0 Å².